The zero-order valence-corrected chi connectivity index (χ0v) is 41.2. The Morgan fingerprint density at radius 1 is 0.542 bits per heavy atom. The number of hydrogen-bond acceptors (Lipinski definition) is 13. The maximum Gasteiger partial charge on any atom is 0.411 e. The molecular weight excluding hydrogens is 917 g/mol. The van der Waals surface area contributed by atoms with Crippen molar-refractivity contribution in [2.24, 2.45) is 0 Å². The maximum absolute atomic E-state index is 13.2. The monoisotopic (exact) mass is 980 g/mol. The third kappa shape index (κ3) is 10.2. The second-order valence-electron chi connectivity index (χ2n) is 17.0. The first kappa shape index (κ1) is 52.0. The minimum absolute atomic E-state index is 0. The summed E-state index contributed by atoms with van der Waals surface area (Å²) in [4.78, 5) is 13.2. The number of nitrogen functional groups attached to an aromatic ring is 1. The van der Waals surface area contributed by atoms with Gasteiger partial charge >= 0.3 is 6.09 Å². The molecule has 72 heavy (non-hydrogen) atoms. The number of aliphatic hydroxyl groups excluding tert-OH is 2. The Labute approximate surface area is 421 Å². The van der Waals surface area contributed by atoms with Gasteiger partial charge in [0.15, 0.2) is 23.0 Å². The number of rotatable bonds is 13. The largest absolute Gasteiger partial charge is 0.495 e. The number of carbonyl (C=O) groups is 1. The summed E-state index contributed by atoms with van der Waals surface area (Å²) in [5.74, 6) is 4.33. The number of hydrogen-bond donors (Lipinski definition) is 4. The molecule has 0 saturated carbocycles. The SMILES string of the molecule is C.COc1ccc(C2=CC(O)CCc3c2cc(OC)c(OC)c3OC)cc1N.COc1ccc(C2=CC(O)CCc3c2cc(OC)c(OC)c3OC)cc1NC(=O)OCC1c2ccccc2-c2ccccc21. The van der Waals surface area contributed by atoms with Crippen LogP contribution in [0.15, 0.2) is 109 Å². The number of amides is 1. The molecular formula is C58H64N2O12. The van der Waals surface area contributed by atoms with Crippen LogP contribution < -0.4 is 48.9 Å². The van der Waals surface area contributed by atoms with Gasteiger partial charge in [0.05, 0.1) is 80.5 Å². The molecule has 6 aromatic rings. The summed E-state index contributed by atoms with van der Waals surface area (Å²) in [6, 6.07) is 31.3. The van der Waals surface area contributed by atoms with Crippen molar-refractivity contribution in [2.45, 2.75) is 51.2 Å². The van der Waals surface area contributed by atoms with Crippen molar-refractivity contribution < 1.29 is 57.6 Å². The first-order valence-corrected chi connectivity index (χ1v) is 23.2. The van der Waals surface area contributed by atoms with Crippen LogP contribution >= 0.6 is 0 Å². The van der Waals surface area contributed by atoms with E-state index in [2.05, 4.69) is 29.6 Å². The number of nitrogens with two attached hydrogens (primary N) is 1. The smallest absolute Gasteiger partial charge is 0.411 e. The molecule has 0 spiro atoms. The second kappa shape index (κ2) is 23.0. The Balaban J connectivity index is 0.000000233. The van der Waals surface area contributed by atoms with Crippen molar-refractivity contribution in [1.82, 2.24) is 0 Å². The Kier molecular flexibility index (Phi) is 16.6. The molecule has 3 aliphatic rings. The first-order chi connectivity index (χ1) is 34.5. The molecule has 5 N–H and O–H groups in total. The lowest BCUT2D eigenvalue weighted by Crippen LogP contribution is -2.18. The lowest BCUT2D eigenvalue weighted by Gasteiger charge is -2.21. The molecule has 9 rings (SSSR count). The van der Waals surface area contributed by atoms with E-state index >= 15 is 0 Å². The highest BCUT2D eigenvalue weighted by molar-refractivity contribution is 5.92. The average Bonchev–Trinajstić information content (AvgIpc) is 3.47. The lowest BCUT2D eigenvalue weighted by atomic mass is 9.92. The third-order valence-corrected chi connectivity index (χ3v) is 13.2. The summed E-state index contributed by atoms with van der Waals surface area (Å²) >= 11 is 0. The molecule has 2 unspecified atom stereocenters. The van der Waals surface area contributed by atoms with Crippen LogP contribution in [0.1, 0.15) is 70.7 Å². The fourth-order valence-electron chi connectivity index (χ4n) is 9.85. The van der Waals surface area contributed by atoms with Crippen molar-refractivity contribution >= 4 is 28.6 Å². The van der Waals surface area contributed by atoms with Gasteiger partial charge in [-0.25, -0.2) is 4.79 Å². The van der Waals surface area contributed by atoms with E-state index in [0.29, 0.717) is 83.1 Å². The molecule has 0 heterocycles. The van der Waals surface area contributed by atoms with Crippen LogP contribution in [0.3, 0.4) is 0 Å². The highest BCUT2D eigenvalue weighted by Gasteiger charge is 2.31. The quantitative estimate of drug-likeness (QED) is 0.0804. The van der Waals surface area contributed by atoms with E-state index in [1.807, 2.05) is 78.9 Å². The molecule has 6 aromatic carbocycles. The first-order valence-electron chi connectivity index (χ1n) is 23.2. The fourth-order valence-corrected chi connectivity index (χ4v) is 9.85. The van der Waals surface area contributed by atoms with Crippen LogP contribution in [-0.4, -0.2) is 92.0 Å². The van der Waals surface area contributed by atoms with E-state index in [9.17, 15) is 15.0 Å². The van der Waals surface area contributed by atoms with Gasteiger partial charge in [-0.1, -0.05) is 68.1 Å². The summed E-state index contributed by atoms with van der Waals surface area (Å²) in [6.45, 7) is 0.189. The van der Waals surface area contributed by atoms with Crippen LogP contribution in [0.4, 0.5) is 16.2 Å². The van der Waals surface area contributed by atoms with Crippen molar-refractivity contribution in [3.8, 4) is 57.1 Å². The van der Waals surface area contributed by atoms with E-state index in [1.54, 1.807) is 62.9 Å². The van der Waals surface area contributed by atoms with Crippen molar-refractivity contribution in [1.29, 1.82) is 0 Å². The number of ether oxygens (including phenoxy) is 9. The molecule has 0 bridgehead atoms. The molecule has 0 aromatic heterocycles. The van der Waals surface area contributed by atoms with Gasteiger partial charge in [0.2, 0.25) is 11.5 Å². The van der Waals surface area contributed by atoms with Crippen LogP contribution in [0.2, 0.25) is 0 Å². The Morgan fingerprint density at radius 2 is 0.986 bits per heavy atom. The second-order valence-corrected chi connectivity index (χ2v) is 17.0. The number of carbonyl (C=O) groups excluding carboxylic acids is 1. The Bertz CT molecular complexity index is 2950. The van der Waals surface area contributed by atoms with Crippen LogP contribution in [0, 0.1) is 0 Å². The Morgan fingerprint density at radius 3 is 1.43 bits per heavy atom. The molecule has 14 nitrogen and oxygen atoms in total. The van der Waals surface area contributed by atoms with Crippen LogP contribution in [0.25, 0.3) is 22.3 Å². The van der Waals surface area contributed by atoms with E-state index < -0.39 is 18.3 Å². The standard InChI is InChI=1S/C36H35NO7.C21H25NO5.CH4/c1-40-32-16-13-21(28-18-22(38)14-15-27-29(28)19-33(41-2)35(43-4)34(27)42-3)17-31(32)37-36(39)44-20-30-25-11-7-5-9-23(25)24-10-6-8-12-26(24)30;1-24-18-8-5-12(9-17(18)22)15-10-13(23)6-7-14-16(15)11-19(25-2)21(27-4)20(14)26-3;/h5-13,16-19,22,30,38H,14-15,20H2,1-4H3,(H,37,39);5,8-11,13,23H,6-7,22H2,1-4H3;1H4. The molecule has 0 aliphatic heterocycles. The van der Waals surface area contributed by atoms with Crippen LogP contribution in [-0.2, 0) is 17.6 Å². The number of aliphatic hydroxyl groups is 2. The maximum atomic E-state index is 13.2. The Hall–Kier alpha value is -7.81. The van der Waals surface area contributed by atoms with E-state index in [4.69, 9.17) is 48.4 Å². The van der Waals surface area contributed by atoms with Gasteiger partial charge in [-0.05, 0) is 130 Å². The molecule has 3 aliphatic carbocycles. The number of nitrogens with one attached hydrogen (secondary N) is 1. The normalized spacial score (nSPS) is 15.3. The van der Waals surface area contributed by atoms with Gasteiger partial charge in [0, 0.05) is 17.0 Å². The predicted octanol–water partition coefficient (Wildman–Crippen LogP) is 10.5. The minimum Gasteiger partial charge on any atom is -0.495 e. The zero-order chi connectivity index (χ0) is 50.3. The molecule has 1 amide bonds. The molecule has 0 radical (unpaired) electrons. The van der Waals surface area contributed by atoms with E-state index in [1.165, 1.54) is 0 Å². The van der Waals surface area contributed by atoms with Crippen LogP contribution in [0.5, 0.6) is 46.0 Å². The van der Waals surface area contributed by atoms with Crippen molar-refractivity contribution in [3.05, 3.63) is 154 Å². The van der Waals surface area contributed by atoms with Gasteiger partial charge in [-0.3, -0.25) is 5.32 Å². The van der Waals surface area contributed by atoms with Gasteiger partial charge in [0.25, 0.3) is 0 Å². The lowest BCUT2D eigenvalue weighted by molar-refractivity contribution is 0.158. The highest BCUT2D eigenvalue weighted by atomic mass is 16.6. The minimum atomic E-state index is -0.695. The molecule has 0 saturated heterocycles. The fraction of sp³-hybridized carbons (Fsp3) is 0.293. The predicted molar refractivity (Wildman–Crippen MR) is 281 cm³/mol. The number of benzene rings is 6. The molecule has 2 atom stereocenters. The molecule has 14 heteroatoms. The number of anilines is 2. The highest BCUT2D eigenvalue weighted by Crippen LogP contribution is 2.49. The summed E-state index contributed by atoms with van der Waals surface area (Å²) in [5, 5.41) is 24.2. The summed E-state index contributed by atoms with van der Waals surface area (Å²) in [5.41, 5.74) is 18.6. The third-order valence-electron chi connectivity index (χ3n) is 13.2. The molecule has 378 valence electrons. The van der Waals surface area contributed by atoms with Gasteiger partial charge in [0.1, 0.15) is 18.1 Å². The number of methoxy groups -OCH3 is 8. The van der Waals surface area contributed by atoms with Crippen molar-refractivity contribution in [3.63, 3.8) is 0 Å². The molecule has 0 fully saturated rings. The summed E-state index contributed by atoms with van der Waals surface area (Å²) in [7, 11) is 12.6. The zero-order valence-electron chi connectivity index (χ0n) is 41.2. The average molecular weight is 981 g/mol. The van der Waals surface area contributed by atoms with Gasteiger partial charge < -0.3 is 58.6 Å². The van der Waals surface area contributed by atoms with E-state index in [0.717, 1.165) is 66.8 Å². The van der Waals surface area contributed by atoms with Gasteiger partial charge in [-0.15, -0.1) is 0 Å². The van der Waals surface area contributed by atoms with Crippen molar-refractivity contribution in [2.75, 3.05) is 74.5 Å². The summed E-state index contributed by atoms with van der Waals surface area (Å²) in [6.07, 6.45) is 4.08. The van der Waals surface area contributed by atoms with E-state index in [-0.39, 0.29) is 20.0 Å². The van der Waals surface area contributed by atoms with Gasteiger partial charge in [-0.2, -0.15) is 0 Å². The summed E-state index contributed by atoms with van der Waals surface area (Å²) < 4.78 is 50.3. The number of fused-ring (bicyclic) bond motifs is 5. The topological polar surface area (TPSA) is 179 Å².